The number of hydrogen-bond donors (Lipinski definition) is 0. The summed E-state index contributed by atoms with van der Waals surface area (Å²) in [5, 5.41) is 0.670. The third-order valence-electron chi connectivity index (χ3n) is 4.74. The molecule has 0 spiro atoms. The number of carbonyl (C=O) groups is 1. The summed E-state index contributed by atoms with van der Waals surface area (Å²) in [6.45, 7) is 2.01. The molecule has 2 aliphatic heterocycles. The highest BCUT2D eigenvalue weighted by atomic mass is 35.5. The van der Waals surface area contributed by atoms with E-state index in [0.717, 1.165) is 12.8 Å². The first-order valence-electron chi connectivity index (χ1n) is 8.99. The summed E-state index contributed by atoms with van der Waals surface area (Å²) in [6.07, 6.45) is 2.03. The zero-order valence-electron chi connectivity index (χ0n) is 16.0. The van der Waals surface area contributed by atoms with Crippen LogP contribution in [-0.2, 0) is 14.6 Å². The van der Waals surface area contributed by atoms with Gasteiger partial charge in [-0.05, 0) is 12.5 Å². The number of benzene rings is 1. The van der Waals surface area contributed by atoms with Crippen LogP contribution in [-0.4, -0.2) is 56.5 Å². The SMILES string of the molecule is CCCCC(=O)N=C1SC2CS(=O)(=O)CC2N1c1cc(Cl)c(OC)cc1OC. The molecule has 154 valence electrons. The van der Waals surface area contributed by atoms with Gasteiger partial charge in [-0.25, -0.2) is 8.42 Å². The van der Waals surface area contributed by atoms with Crippen molar-refractivity contribution in [2.24, 2.45) is 4.99 Å². The molecule has 7 nitrogen and oxygen atoms in total. The third kappa shape index (κ3) is 4.26. The molecule has 0 bridgehead atoms. The summed E-state index contributed by atoms with van der Waals surface area (Å²) in [6, 6.07) is 2.99. The quantitative estimate of drug-likeness (QED) is 0.663. The Balaban J connectivity index is 2.06. The molecule has 0 aliphatic carbocycles. The van der Waals surface area contributed by atoms with Gasteiger partial charge in [-0.3, -0.25) is 4.79 Å². The zero-order chi connectivity index (χ0) is 20.5. The summed E-state index contributed by atoms with van der Waals surface area (Å²) < 4.78 is 35.1. The van der Waals surface area contributed by atoms with Crippen LogP contribution in [0.3, 0.4) is 0 Å². The first-order chi connectivity index (χ1) is 13.3. The summed E-state index contributed by atoms with van der Waals surface area (Å²) in [5.74, 6) is 0.769. The lowest BCUT2D eigenvalue weighted by Gasteiger charge is -2.26. The van der Waals surface area contributed by atoms with Crippen molar-refractivity contribution in [1.82, 2.24) is 0 Å². The van der Waals surface area contributed by atoms with Crippen molar-refractivity contribution in [1.29, 1.82) is 0 Å². The van der Waals surface area contributed by atoms with Crippen LogP contribution in [0, 0.1) is 0 Å². The van der Waals surface area contributed by atoms with Gasteiger partial charge in [0.15, 0.2) is 15.0 Å². The van der Waals surface area contributed by atoms with E-state index in [-0.39, 0.29) is 28.7 Å². The number of halogens is 1. The maximum atomic E-state index is 12.3. The van der Waals surface area contributed by atoms with Gasteiger partial charge in [0.1, 0.15) is 11.5 Å². The van der Waals surface area contributed by atoms with E-state index in [1.807, 2.05) is 6.92 Å². The Bertz CT molecular complexity index is 903. The number of nitrogens with zero attached hydrogens (tertiary/aromatic N) is 2. The Morgan fingerprint density at radius 1 is 1.29 bits per heavy atom. The number of fused-ring (bicyclic) bond motifs is 1. The Hall–Kier alpha value is -1.45. The number of ether oxygens (including phenoxy) is 2. The molecule has 0 radical (unpaired) electrons. The number of methoxy groups -OCH3 is 2. The van der Waals surface area contributed by atoms with E-state index in [1.54, 1.807) is 17.0 Å². The summed E-state index contributed by atoms with van der Waals surface area (Å²) >= 11 is 7.65. The van der Waals surface area contributed by atoms with Crippen LogP contribution in [0.1, 0.15) is 26.2 Å². The van der Waals surface area contributed by atoms with Crippen molar-refractivity contribution in [3.63, 3.8) is 0 Å². The summed E-state index contributed by atoms with van der Waals surface area (Å²) in [4.78, 5) is 18.4. The minimum atomic E-state index is -3.16. The maximum Gasteiger partial charge on any atom is 0.248 e. The van der Waals surface area contributed by atoms with E-state index in [1.165, 1.54) is 26.0 Å². The number of carbonyl (C=O) groups excluding carboxylic acids is 1. The molecule has 10 heteroatoms. The Morgan fingerprint density at radius 3 is 2.64 bits per heavy atom. The fourth-order valence-corrected chi connectivity index (χ4v) is 7.53. The average molecular weight is 447 g/mol. The highest BCUT2D eigenvalue weighted by Crippen LogP contribution is 2.46. The fourth-order valence-electron chi connectivity index (χ4n) is 3.37. The molecule has 2 heterocycles. The van der Waals surface area contributed by atoms with Gasteiger partial charge in [0.05, 0.1) is 42.5 Å². The van der Waals surface area contributed by atoms with Gasteiger partial charge in [0.25, 0.3) is 0 Å². The molecule has 1 aromatic rings. The van der Waals surface area contributed by atoms with Gasteiger partial charge in [0.2, 0.25) is 5.91 Å². The molecule has 3 rings (SSSR count). The van der Waals surface area contributed by atoms with Gasteiger partial charge in [-0.2, -0.15) is 4.99 Å². The number of rotatable bonds is 6. The Morgan fingerprint density at radius 2 is 2.00 bits per heavy atom. The second-order valence-electron chi connectivity index (χ2n) is 6.72. The van der Waals surface area contributed by atoms with Crippen LogP contribution in [0.2, 0.25) is 5.02 Å². The normalized spacial score (nSPS) is 24.4. The first-order valence-corrected chi connectivity index (χ1v) is 12.1. The molecule has 1 amide bonds. The molecular formula is C18H23ClN2O5S2. The second-order valence-corrected chi connectivity index (χ2v) is 10.5. The number of amidine groups is 1. The Kier molecular flexibility index (Phi) is 6.46. The molecule has 2 aliphatic rings. The number of thioether (sulfide) groups is 1. The van der Waals surface area contributed by atoms with Crippen LogP contribution in [0.25, 0.3) is 0 Å². The van der Waals surface area contributed by atoms with E-state index in [4.69, 9.17) is 21.1 Å². The molecule has 2 fully saturated rings. The molecule has 0 aromatic heterocycles. The second kappa shape index (κ2) is 8.51. The van der Waals surface area contributed by atoms with Crippen LogP contribution < -0.4 is 14.4 Å². The number of sulfone groups is 1. The fraction of sp³-hybridized carbons (Fsp3) is 0.556. The predicted octanol–water partition coefficient (Wildman–Crippen LogP) is 3.15. The number of unbranched alkanes of at least 4 members (excludes halogenated alkanes) is 1. The average Bonchev–Trinajstić information content (AvgIpc) is 3.10. The van der Waals surface area contributed by atoms with Crippen molar-refractivity contribution in [2.45, 2.75) is 37.5 Å². The molecule has 2 saturated heterocycles. The van der Waals surface area contributed by atoms with Crippen LogP contribution in [0.5, 0.6) is 11.5 Å². The van der Waals surface area contributed by atoms with Crippen LogP contribution >= 0.6 is 23.4 Å². The van der Waals surface area contributed by atoms with Gasteiger partial charge in [-0.1, -0.05) is 36.7 Å². The van der Waals surface area contributed by atoms with Crippen molar-refractivity contribution < 1.29 is 22.7 Å². The molecule has 0 saturated carbocycles. The molecule has 0 N–H and O–H groups in total. The maximum absolute atomic E-state index is 12.3. The molecule has 28 heavy (non-hydrogen) atoms. The largest absolute Gasteiger partial charge is 0.495 e. The minimum absolute atomic E-state index is 0.000357. The smallest absolute Gasteiger partial charge is 0.248 e. The number of anilines is 1. The number of amides is 1. The van der Waals surface area contributed by atoms with Gasteiger partial charge >= 0.3 is 0 Å². The first kappa shape index (κ1) is 21.3. The van der Waals surface area contributed by atoms with Crippen LogP contribution in [0.15, 0.2) is 17.1 Å². The monoisotopic (exact) mass is 446 g/mol. The van der Waals surface area contributed by atoms with Crippen molar-refractivity contribution in [2.75, 3.05) is 30.6 Å². The van der Waals surface area contributed by atoms with Gasteiger partial charge < -0.3 is 14.4 Å². The molecular weight excluding hydrogens is 424 g/mol. The lowest BCUT2D eigenvalue weighted by molar-refractivity contribution is -0.117. The highest BCUT2D eigenvalue weighted by molar-refractivity contribution is 8.16. The zero-order valence-corrected chi connectivity index (χ0v) is 18.4. The summed E-state index contributed by atoms with van der Waals surface area (Å²) in [7, 11) is -0.136. The van der Waals surface area contributed by atoms with Gasteiger partial charge in [0, 0.05) is 17.7 Å². The lowest BCUT2D eigenvalue weighted by Crippen LogP contribution is -2.38. The number of hydrogen-bond acceptors (Lipinski definition) is 6. The van der Waals surface area contributed by atoms with E-state index < -0.39 is 9.84 Å². The van der Waals surface area contributed by atoms with E-state index in [2.05, 4.69) is 4.99 Å². The topological polar surface area (TPSA) is 85.3 Å². The third-order valence-corrected chi connectivity index (χ3v) is 8.25. The Labute approximate surface area is 174 Å². The minimum Gasteiger partial charge on any atom is -0.495 e. The standard InChI is InChI=1S/C18H23ClN2O5S2/c1-4-5-6-17(22)20-18-21(13-9-28(23,24)10-16(13)27-18)12-7-11(19)14(25-2)8-15(12)26-3/h7-8,13,16H,4-6,9-10H2,1-3H3. The molecule has 1 aromatic carbocycles. The van der Waals surface area contributed by atoms with Crippen molar-refractivity contribution in [3.8, 4) is 11.5 Å². The number of aliphatic imine (C=N–C) groups is 1. The van der Waals surface area contributed by atoms with Gasteiger partial charge in [-0.15, -0.1) is 0 Å². The lowest BCUT2D eigenvalue weighted by atomic mass is 10.1. The van der Waals surface area contributed by atoms with Crippen molar-refractivity contribution in [3.05, 3.63) is 17.2 Å². The van der Waals surface area contributed by atoms with E-state index in [9.17, 15) is 13.2 Å². The molecule has 2 atom stereocenters. The predicted molar refractivity (Wildman–Crippen MR) is 113 cm³/mol. The van der Waals surface area contributed by atoms with E-state index in [0.29, 0.717) is 33.8 Å². The highest BCUT2D eigenvalue weighted by Gasteiger charge is 2.50. The molecule has 2 unspecified atom stereocenters. The van der Waals surface area contributed by atoms with E-state index >= 15 is 0 Å². The van der Waals surface area contributed by atoms with Crippen molar-refractivity contribution >= 4 is 50.0 Å². The van der Waals surface area contributed by atoms with Crippen LogP contribution in [0.4, 0.5) is 5.69 Å². The summed E-state index contributed by atoms with van der Waals surface area (Å²) in [5.41, 5.74) is 0.576.